The lowest BCUT2D eigenvalue weighted by molar-refractivity contribution is -0.130. The van der Waals surface area contributed by atoms with E-state index in [1.54, 1.807) is 13.8 Å². The van der Waals surface area contributed by atoms with E-state index in [1.165, 1.54) is 24.5 Å². The van der Waals surface area contributed by atoms with E-state index in [4.69, 9.17) is 10.5 Å². The molecule has 0 bridgehead atoms. The van der Waals surface area contributed by atoms with Gasteiger partial charge in [-0.1, -0.05) is 13.8 Å². The molecule has 0 saturated heterocycles. The summed E-state index contributed by atoms with van der Waals surface area (Å²) >= 11 is 0. The number of amides is 3. The van der Waals surface area contributed by atoms with Gasteiger partial charge in [0.05, 0.1) is 5.56 Å². The van der Waals surface area contributed by atoms with Gasteiger partial charge in [0.25, 0.3) is 5.91 Å². The molecule has 0 saturated carbocycles. The van der Waals surface area contributed by atoms with Crippen molar-refractivity contribution in [3.05, 3.63) is 30.1 Å². The van der Waals surface area contributed by atoms with Gasteiger partial charge in [-0.25, -0.2) is 9.59 Å². The Hall–Kier alpha value is -2.44. The van der Waals surface area contributed by atoms with Crippen LogP contribution >= 0.6 is 0 Å². The molecular weight excluding hydrogens is 250 g/mol. The molecule has 102 valence electrons. The minimum Gasteiger partial charge on any atom is -0.448 e. The number of nitrogens with zero attached hydrogens (tertiary/aromatic N) is 1. The summed E-state index contributed by atoms with van der Waals surface area (Å²) in [5.74, 6) is -1.71. The highest BCUT2D eigenvalue weighted by atomic mass is 16.5. The molecule has 1 heterocycles. The van der Waals surface area contributed by atoms with Gasteiger partial charge in [-0.3, -0.25) is 15.1 Å². The van der Waals surface area contributed by atoms with Crippen molar-refractivity contribution >= 4 is 17.9 Å². The Kier molecular flexibility index (Phi) is 4.99. The Balaban J connectivity index is 2.77. The zero-order chi connectivity index (χ0) is 14.4. The van der Waals surface area contributed by atoms with Crippen LogP contribution in [-0.2, 0) is 9.53 Å². The number of pyridine rings is 1. The van der Waals surface area contributed by atoms with Crippen molar-refractivity contribution in [3.8, 4) is 0 Å². The highest BCUT2D eigenvalue weighted by Gasteiger charge is 2.27. The summed E-state index contributed by atoms with van der Waals surface area (Å²) in [6, 6.07) is 1.94. The van der Waals surface area contributed by atoms with Crippen LogP contribution in [0.5, 0.6) is 0 Å². The zero-order valence-corrected chi connectivity index (χ0v) is 10.6. The molecule has 3 N–H and O–H groups in total. The zero-order valence-electron chi connectivity index (χ0n) is 10.6. The van der Waals surface area contributed by atoms with Gasteiger partial charge in [-0.2, -0.15) is 0 Å². The number of rotatable bonds is 4. The van der Waals surface area contributed by atoms with Gasteiger partial charge in [0, 0.05) is 12.4 Å². The molecule has 7 nitrogen and oxygen atoms in total. The number of hydrogen-bond acceptors (Lipinski definition) is 5. The van der Waals surface area contributed by atoms with Crippen molar-refractivity contribution in [1.82, 2.24) is 10.3 Å². The van der Waals surface area contributed by atoms with Crippen LogP contribution in [0, 0.1) is 5.92 Å². The average molecular weight is 265 g/mol. The molecule has 19 heavy (non-hydrogen) atoms. The van der Waals surface area contributed by atoms with E-state index in [-0.39, 0.29) is 11.5 Å². The van der Waals surface area contributed by atoms with Gasteiger partial charge in [-0.05, 0) is 18.1 Å². The number of nitrogens with one attached hydrogen (secondary N) is 1. The maximum absolute atomic E-state index is 11.8. The smallest absolute Gasteiger partial charge is 0.339 e. The van der Waals surface area contributed by atoms with Gasteiger partial charge in [0.2, 0.25) is 0 Å². The molecule has 1 aromatic rings. The fraction of sp³-hybridized carbons (Fsp3) is 0.333. The maximum Gasteiger partial charge on any atom is 0.339 e. The van der Waals surface area contributed by atoms with Crippen LogP contribution in [0.4, 0.5) is 4.79 Å². The average Bonchev–Trinajstić information content (AvgIpc) is 2.35. The first-order valence-electron chi connectivity index (χ1n) is 5.63. The lowest BCUT2D eigenvalue weighted by Gasteiger charge is -2.19. The van der Waals surface area contributed by atoms with Gasteiger partial charge in [0.15, 0.2) is 6.10 Å². The molecule has 0 aliphatic heterocycles. The number of ether oxygens (including phenoxy) is 1. The third-order valence-corrected chi connectivity index (χ3v) is 2.26. The van der Waals surface area contributed by atoms with E-state index in [1.807, 2.05) is 5.32 Å². The number of urea groups is 1. The summed E-state index contributed by atoms with van der Waals surface area (Å²) in [7, 11) is 0. The van der Waals surface area contributed by atoms with Crippen molar-refractivity contribution in [2.45, 2.75) is 20.0 Å². The second-order valence-corrected chi connectivity index (χ2v) is 4.16. The molecule has 0 spiro atoms. The van der Waals surface area contributed by atoms with Crippen molar-refractivity contribution in [3.63, 3.8) is 0 Å². The Morgan fingerprint density at radius 3 is 2.32 bits per heavy atom. The van der Waals surface area contributed by atoms with Crippen LogP contribution in [0.3, 0.4) is 0 Å². The third kappa shape index (κ3) is 4.38. The van der Waals surface area contributed by atoms with Gasteiger partial charge in [-0.15, -0.1) is 0 Å². The minimum atomic E-state index is -1.09. The van der Waals surface area contributed by atoms with Crippen LogP contribution in [0.2, 0.25) is 0 Å². The Bertz CT molecular complexity index is 473. The first-order chi connectivity index (χ1) is 8.91. The van der Waals surface area contributed by atoms with Crippen LogP contribution < -0.4 is 11.1 Å². The second-order valence-electron chi connectivity index (χ2n) is 4.16. The van der Waals surface area contributed by atoms with Crippen molar-refractivity contribution in [2.24, 2.45) is 11.7 Å². The van der Waals surface area contributed by atoms with Gasteiger partial charge >= 0.3 is 12.0 Å². The summed E-state index contributed by atoms with van der Waals surface area (Å²) < 4.78 is 5.07. The highest BCUT2D eigenvalue weighted by molar-refractivity contribution is 5.98. The fourth-order valence-corrected chi connectivity index (χ4v) is 1.36. The normalized spacial score (nSPS) is 11.7. The van der Waals surface area contributed by atoms with Crippen LogP contribution in [0.25, 0.3) is 0 Å². The largest absolute Gasteiger partial charge is 0.448 e. The summed E-state index contributed by atoms with van der Waals surface area (Å²) in [5.41, 5.74) is 5.12. The van der Waals surface area contributed by atoms with E-state index < -0.39 is 24.0 Å². The van der Waals surface area contributed by atoms with Crippen molar-refractivity contribution in [1.29, 1.82) is 0 Å². The van der Waals surface area contributed by atoms with E-state index in [0.29, 0.717) is 0 Å². The molecule has 0 radical (unpaired) electrons. The Morgan fingerprint density at radius 2 is 1.84 bits per heavy atom. The number of carbonyl (C=O) groups excluding carboxylic acids is 3. The molecule has 1 atom stereocenters. The van der Waals surface area contributed by atoms with E-state index in [0.717, 1.165) is 0 Å². The Labute approximate surface area is 110 Å². The van der Waals surface area contributed by atoms with Crippen molar-refractivity contribution < 1.29 is 19.1 Å². The number of imide groups is 1. The maximum atomic E-state index is 11.8. The fourth-order valence-electron chi connectivity index (χ4n) is 1.36. The molecule has 0 aliphatic carbocycles. The van der Waals surface area contributed by atoms with Gasteiger partial charge in [0.1, 0.15) is 0 Å². The SMILES string of the molecule is CC(C)[C@H](OC(=O)c1ccncc1)C(=O)NC(N)=O. The topological polar surface area (TPSA) is 111 Å². The number of esters is 1. The lowest BCUT2D eigenvalue weighted by Crippen LogP contribution is -2.45. The predicted octanol–water partition coefficient (Wildman–Crippen LogP) is 0.458. The number of nitrogens with two attached hydrogens (primary N) is 1. The summed E-state index contributed by atoms with van der Waals surface area (Å²) in [5, 5.41) is 1.89. The van der Waals surface area contributed by atoms with E-state index in [2.05, 4.69) is 4.98 Å². The predicted molar refractivity (Wildman–Crippen MR) is 66.0 cm³/mol. The first-order valence-corrected chi connectivity index (χ1v) is 5.63. The summed E-state index contributed by atoms with van der Waals surface area (Å²) in [6.07, 6.45) is 1.78. The second kappa shape index (κ2) is 6.48. The standard InChI is InChI=1S/C12H15N3O4/c1-7(2)9(10(16)15-12(13)18)19-11(17)8-3-5-14-6-4-8/h3-7,9H,1-2H3,(H3,13,15,16,18)/t9-/m0/s1. The molecule has 1 rings (SSSR count). The molecular formula is C12H15N3O4. The molecule has 0 unspecified atom stereocenters. The van der Waals surface area contributed by atoms with E-state index >= 15 is 0 Å². The summed E-state index contributed by atoms with van der Waals surface area (Å²) in [6.45, 7) is 3.37. The van der Waals surface area contributed by atoms with Crippen molar-refractivity contribution in [2.75, 3.05) is 0 Å². The molecule has 7 heteroatoms. The molecule has 3 amide bonds. The summed E-state index contributed by atoms with van der Waals surface area (Å²) in [4.78, 5) is 37.9. The first kappa shape index (κ1) is 14.6. The molecule has 0 fully saturated rings. The molecule has 1 aromatic heterocycles. The molecule has 0 aliphatic rings. The number of primary amides is 1. The van der Waals surface area contributed by atoms with E-state index in [9.17, 15) is 14.4 Å². The highest BCUT2D eigenvalue weighted by Crippen LogP contribution is 2.10. The lowest BCUT2D eigenvalue weighted by atomic mass is 10.1. The monoisotopic (exact) mass is 265 g/mol. The molecule has 0 aromatic carbocycles. The van der Waals surface area contributed by atoms with Crippen LogP contribution in [0.15, 0.2) is 24.5 Å². The van der Waals surface area contributed by atoms with Crippen LogP contribution in [0.1, 0.15) is 24.2 Å². The number of hydrogen-bond donors (Lipinski definition) is 2. The Morgan fingerprint density at radius 1 is 1.26 bits per heavy atom. The minimum absolute atomic E-state index is 0.271. The number of aromatic nitrogens is 1. The van der Waals surface area contributed by atoms with Gasteiger partial charge < -0.3 is 10.5 Å². The number of carbonyl (C=O) groups is 3. The quantitative estimate of drug-likeness (QED) is 0.768. The third-order valence-electron chi connectivity index (χ3n) is 2.26. The van der Waals surface area contributed by atoms with Crippen LogP contribution in [-0.4, -0.2) is 29.0 Å².